The fourth-order valence-corrected chi connectivity index (χ4v) is 2.76. The van der Waals surface area contributed by atoms with Crippen molar-refractivity contribution in [3.63, 3.8) is 0 Å². The molecule has 0 aliphatic carbocycles. The fourth-order valence-electron chi connectivity index (χ4n) is 2.63. The lowest BCUT2D eigenvalue weighted by Crippen LogP contribution is -2.33. The third-order valence-electron chi connectivity index (χ3n) is 4.17. The van der Waals surface area contributed by atoms with E-state index in [1.807, 2.05) is 0 Å². The molecular weight excluding hydrogens is 453 g/mol. The first-order valence-corrected chi connectivity index (χ1v) is 9.49. The van der Waals surface area contributed by atoms with E-state index in [1.54, 1.807) is 12.1 Å². The Morgan fingerprint density at radius 1 is 1.12 bits per heavy atom. The van der Waals surface area contributed by atoms with Gasteiger partial charge in [0.05, 0.1) is 6.42 Å². The van der Waals surface area contributed by atoms with E-state index >= 15 is 0 Å². The number of nitrogens with one attached hydrogen (secondary N) is 2. The van der Waals surface area contributed by atoms with Crippen LogP contribution in [-0.2, 0) is 4.79 Å². The van der Waals surface area contributed by atoms with Crippen LogP contribution in [0.25, 0.3) is 11.4 Å². The van der Waals surface area contributed by atoms with Crippen molar-refractivity contribution in [3.05, 3.63) is 65.0 Å². The van der Waals surface area contributed by atoms with Crippen LogP contribution < -0.4 is 15.4 Å². The van der Waals surface area contributed by atoms with Gasteiger partial charge in [0.1, 0.15) is 11.8 Å². The van der Waals surface area contributed by atoms with Gasteiger partial charge < -0.3 is 19.9 Å². The fraction of sp³-hybridized carbons (Fsp3) is 0.200. The van der Waals surface area contributed by atoms with Crippen molar-refractivity contribution in [2.45, 2.75) is 18.8 Å². The third-order valence-corrected chi connectivity index (χ3v) is 4.42. The number of hydrogen-bond donors (Lipinski definition) is 2. The number of benzene rings is 2. The minimum atomic E-state index is -4.81. The number of aromatic nitrogens is 2. The largest absolute Gasteiger partial charge is 0.573 e. The first-order chi connectivity index (χ1) is 15.1. The van der Waals surface area contributed by atoms with E-state index in [0.717, 1.165) is 12.1 Å². The average Bonchev–Trinajstić information content (AvgIpc) is 3.23. The zero-order valence-corrected chi connectivity index (χ0v) is 17.2. The van der Waals surface area contributed by atoms with Gasteiger partial charge in [-0.2, -0.15) is 4.98 Å². The van der Waals surface area contributed by atoms with Crippen LogP contribution in [0.15, 0.2) is 53.1 Å². The Morgan fingerprint density at radius 3 is 2.38 bits per heavy atom. The number of alkyl halides is 3. The number of ether oxygens (including phenoxy) is 1. The molecule has 2 amide bonds. The highest BCUT2D eigenvalue weighted by Gasteiger charge is 2.31. The summed E-state index contributed by atoms with van der Waals surface area (Å²) in [6.07, 6.45) is -4.99. The molecule has 0 spiro atoms. The molecule has 3 aromatic rings. The number of nitrogens with zero attached hydrogens (tertiary/aromatic N) is 2. The zero-order chi connectivity index (χ0) is 23.3. The molecule has 0 bridgehead atoms. The van der Waals surface area contributed by atoms with Crippen molar-refractivity contribution in [2.24, 2.45) is 0 Å². The molecule has 1 aromatic heterocycles. The first kappa shape index (κ1) is 23.1. The zero-order valence-electron chi connectivity index (χ0n) is 16.4. The van der Waals surface area contributed by atoms with Crippen molar-refractivity contribution < 1.29 is 32.0 Å². The summed E-state index contributed by atoms with van der Waals surface area (Å²) in [5.41, 5.74) is 0.647. The Kier molecular flexibility index (Phi) is 6.98. The number of rotatable bonds is 7. The Labute approximate surface area is 184 Å². The molecule has 0 aliphatic rings. The van der Waals surface area contributed by atoms with E-state index in [2.05, 4.69) is 25.5 Å². The Morgan fingerprint density at radius 2 is 1.78 bits per heavy atom. The highest BCUT2D eigenvalue weighted by molar-refractivity contribution is 6.30. The molecule has 1 heterocycles. The maximum atomic E-state index is 12.6. The van der Waals surface area contributed by atoms with E-state index in [1.165, 1.54) is 31.3 Å². The van der Waals surface area contributed by atoms with Crippen molar-refractivity contribution in [1.29, 1.82) is 0 Å². The Hall–Kier alpha value is -3.60. The van der Waals surface area contributed by atoms with Crippen LogP contribution in [0.3, 0.4) is 0 Å². The van der Waals surface area contributed by atoms with Gasteiger partial charge in [0.15, 0.2) is 0 Å². The predicted octanol–water partition coefficient (Wildman–Crippen LogP) is 3.90. The molecule has 0 aliphatic heterocycles. The average molecular weight is 469 g/mol. The molecular formula is C20H16ClF3N4O4. The lowest BCUT2D eigenvalue weighted by Gasteiger charge is -2.14. The minimum absolute atomic E-state index is 0.0541. The lowest BCUT2D eigenvalue weighted by molar-refractivity contribution is -0.274. The number of carbonyl (C=O) groups is 2. The van der Waals surface area contributed by atoms with Crippen LogP contribution in [0.2, 0.25) is 5.02 Å². The van der Waals surface area contributed by atoms with Gasteiger partial charge in [-0.25, -0.2) is 0 Å². The Balaban J connectivity index is 1.79. The molecule has 1 atom stereocenters. The van der Waals surface area contributed by atoms with E-state index < -0.39 is 24.1 Å². The second-order valence-electron chi connectivity index (χ2n) is 6.44. The van der Waals surface area contributed by atoms with Gasteiger partial charge in [-0.05, 0) is 48.5 Å². The molecule has 2 aromatic carbocycles. The van der Waals surface area contributed by atoms with Crippen LogP contribution >= 0.6 is 11.6 Å². The SMILES string of the molecule is CNC(=O)CC(NC(=O)c1ccc(Cl)cc1)c1nc(-c2ccc(OC(F)(F)F)cc2)no1. The van der Waals surface area contributed by atoms with Gasteiger partial charge in [-0.1, -0.05) is 16.8 Å². The molecule has 0 radical (unpaired) electrons. The molecule has 0 saturated carbocycles. The number of halogens is 4. The molecule has 2 N–H and O–H groups in total. The van der Waals surface area contributed by atoms with Crippen molar-refractivity contribution in [1.82, 2.24) is 20.8 Å². The summed E-state index contributed by atoms with van der Waals surface area (Å²) in [5.74, 6) is -1.29. The molecule has 8 nitrogen and oxygen atoms in total. The monoisotopic (exact) mass is 468 g/mol. The third kappa shape index (κ3) is 6.20. The molecule has 12 heteroatoms. The summed E-state index contributed by atoms with van der Waals surface area (Å²) in [5, 5.41) is 9.34. The first-order valence-electron chi connectivity index (χ1n) is 9.11. The van der Waals surface area contributed by atoms with Gasteiger partial charge in [0, 0.05) is 23.2 Å². The van der Waals surface area contributed by atoms with Gasteiger partial charge in [0.25, 0.3) is 5.91 Å². The van der Waals surface area contributed by atoms with E-state index in [-0.39, 0.29) is 24.0 Å². The molecule has 3 rings (SSSR count). The maximum Gasteiger partial charge on any atom is 0.573 e. The second-order valence-corrected chi connectivity index (χ2v) is 6.88. The summed E-state index contributed by atoms with van der Waals surface area (Å²) < 4.78 is 45.9. The van der Waals surface area contributed by atoms with E-state index in [4.69, 9.17) is 16.1 Å². The van der Waals surface area contributed by atoms with Gasteiger partial charge in [0.2, 0.25) is 17.6 Å². The summed E-state index contributed by atoms with van der Waals surface area (Å²) in [6.45, 7) is 0. The van der Waals surface area contributed by atoms with Crippen LogP contribution in [0.5, 0.6) is 5.75 Å². The maximum absolute atomic E-state index is 12.6. The van der Waals surface area contributed by atoms with E-state index in [9.17, 15) is 22.8 Å². The van der Waals surface area contributed by atoms with Crippen molar-refractivity contribution in [2.75, 3.05) is 7.05 Å². The summed E-state index contributed by atoms with van der Waals surface area (Å²) >= 11 is 5.83. The Bertz CT molecular complexity index is 1090. The normalized spacial score (nSPS) is 12.2. The van der Waals surface area contributed by atoms with Crippen LogP contribution in [0, 0.1) is 0 Å². The van der Waals surface area contributed by atoms with Crippen LogP contribution in [-0.4, -0.2) is 35.4 Å². The predicted molar refractivity (Wildman–Crippen MR) is 107 cm³/mol. The summed E-state index contributed by atoms with van der Waals surface area (Å²) in [4.78, 5) is 28.6. The molecule has 168 valence electrons. The molecule has 0 fully saturated rings. The highest BCUT2D eigenvalue weighted by Crippen LogP contribution is 2.26. The molecule has 32 heavy (non-hydrogen) atoms. The standard InChI is InChI=1S/C20H16ClF3N4O4/c1-25-16(29)10-15(26-18(30)12-2-6-13(21)7-3-12)19-27-17(28-32-19)11-4-8-14(9-5-11)31-20(22,23)24/h2-9,15H,10H2,1H3,(H,25,29)(H,26,30). The summed E-state index contributed by atoms with van der Waals surface area (Å²) in [6, 6.07) is 9.99. The quantitative estimate of drug-likeness (QED) is 0.545. The number of amides is 2. The van der Waals surface area contributed by atoms with Crippen LogP contribution in [0.4, 0.5) is 13.2 Å². The topological polar surface area (TPSA) is 106 Å². The lowest BCUT2D eigenvalue weighted by atomic mass is 10.1. The highest BCUT2D eigenvalue weighted by atomic mass is 35.5. The van der Waals surface area contributed by atoms with Crippen molar-refractivity contribution >= 4 is 23.4 Å². The molecule has 1 unspecified atom stereocenters. The smallest absolute Gasteiger partial charge is 0.406 e. The number of hydrogen-bond acceptors (Lipinski definition) is 6. The molecule has 0 saturated heterocycles. The minimum Gasteiger partial charge on any atom is -0.406 e. The van der Waals surface area contributed by atoms with Gasteiger partial charge >= 0.3 is 6.36 Å². The summed E-state index contributed by atoms with van der Waals surface area (Å²) in [7, 11) is 1.43. The van der Waals surface area contributed by atoms with Gasteiger partial charge in [-0.3, -0.25) is 9.59 Å². The van der Waals surface area contributed by atoms with E-state index in [0.29, 0.717) is 16.1 Å². The van der Waals surface area contributed by atoms with Gasteiger partial charge in [-0.15, -0.1) is 13.2 Å². The second kappa shape index (κ2) is 9.69. The van der Waals surface area contributed by atoms with Crippen LogP contribution in [0.1, 0.15) is 28.7 Å². The number of carbonyl (C=O) groups excluding carboxylic acids is 2. The van der Waals surface area contributed by atoms with Crippen molar-refractivity contribution in [3.8, 4) is 17.1 Å².